The molecular formula is C13H19NO2S. The summed E-state index contributed by atoms with van der Waals surface area (Å²) in [6.45, 7) is 8.87. The summed E-state index contributed by atoms with van der Waals surface area (Å²) in [5.74, 6) is 0.244. The number of amides is 1. The van der Waals surface area contributed by atoms with Gasteiger partial charge in [0.2, 0.25) is 0 Å². The Hall–Kier alpha value is -0.870. The fraction of sp³-hybridized carbons (Fsp3) is 0.615. The summed E-state index contributed by atoms with van der Waals surface area (Å²) < 4.78 is 0. The van der Waals surface area contributed by atoms with Crippen molar-refractivity contribution in [3.8, 4) is 0 Å². The van der Waals surface area contributed by atoms with E-state index in [0.717, 1.165) is 15.3 Å². The molecule has 2 rings (SSSR count). The van der Waals surface area contributed by atoms with Crippen molar-refractivity contribution in [1.82, 2.24) is 4.90 Å². The van der Waals surface area contributed by atoms with Crippen molar-refractivity contribution in [2.45, 2.75) is 33.3 Å². The third-order valence-corrected chi connectivity index (χ3v) is 4.53. The van der Waals surface area contributed by atoms with Gasteiger partial charge in [-0.15, -0.1) is 11.3 Å². The highest BCUT2D eigenvalue weighted by molar-refractivity contribution is 7.12. The Balaban J connectivity index is 2.08. The molecular weight excluding hydrogens is 234 g/mol. The largest absolute Gasteiger partial charge is 0.386 e. The van der Waals surface area contributed by atoms with E-state index < -0.39 is 5.60 Å². The molecule has 1 aromatic heterocycles. The molecule has 1 aromatic rings. The molecule has 0 atom stereocenters. The minimum Gasteiger partial charge on any atom is -0.386 e. The number of aliphatic hydroxyl groups is 1. The summed E-state index contributed by atoms with van der Waals surface area (Å²) >= 11 is 1.65. The van der Waals surface area contributed by atoms with Crippen LogP contribution in [-0.2, 0) is 0 Å². The molecule has 1 amide bonds. The highest BCUT2D eigenvalue weighted by Crippen LogP contribution is 2.31. The van der Waals surface area contributed by atoms with Crippen LogP contribution in [0.2, 0.25) is 0 Å². The van der Waals surface area contributed by atoms with E-state index in [2.05, 4.69) is 0 Å². The van der Waals surface area contributed by atoms with Gasteiger partial charge in [-0.3, -0.25) is 4.79 Å². The van der Waals surface area contributed by atoms with E-state index in [0.29, 0.717) is 13.1 Å². The SMILES string of the molecule is Cc1cc(C(=O)N2CC(O)(C(C)C)C2)c(C)s1. The lowest BCUT2D eigenvalue weighted by Gasteiger charge is -2.49. The van der Waals surface area contributed by atoms with Gasteiger partial charge in [-0.25, -0.2) is 0 Å². The summed E-state index contributed by atoms with van der Waals surface area (Å²) in [4.78, 5) is 16.1. The quantitative estimate of drug-likeness (QED) is 0.878. The average Bonchev–Trinajstić information content (AvgIpc) is 2.51. The zero-order chi connectivity index (χ0) is 12.8. The molecule has 1 saturated heterocycles. The first kappa shape index (κ1) is 12.6. The maximum atomic E-state index is 12.2. The van der Waals surface area contributed by atoms with Gasteiger partial charge in [0.1, 0.15) is 5.60 Å². The van der Waals surface area contributed by atoms with Gasteiger partial charge in [0.05, 0.1) is 18.7 Å². The van der Waals surface area contributed by atoms with E-state index in [1.165, 1.54) is 0 Å². The van der Waals surface area contributed by atoms with Gasteiger partial charge in [-0.05, 0) is 25.8 Å². The van der Waals surface area contributed by atoms with Crippen LogP contribution in [0.5, 0.6) is 0 Å². The van der Waals surface area contributed by atoms with Gasteiger partial charge in [-0.2, -0.15) is 0 Å². The van der Waals surface area contributed by atoms with E-state index in [-0.39, 0.29) is 11.8 Å². The molecule has 0 bridgehead atoms. The molecule has 0 aromatic carbocycles. The van der Waals surface area contributed by atoms with Crippen LogP contribution < -0.4 is 0 Å². The topological polar surface area (TPSA) is 40.5 Å². The van der Waals surface area contributed by atoms with Crippen LogP contribution in [0.1, 0.15) is 34.0 Å². The van der Waals surface area contributed by atoms with E-state index in [1.54, 1.807) is 16.2 Å². The summed E-state index contributed by atoms with van der Waals surface area (Å²) in [6, 6.07) is 1.94. The molecule has 4 heteroatoms. The van der Waals surface area contributed by atoms with Gasteiger partial charge >= 0.3 is 0 Å². The molecule has 0 radical (unpaired) electrons. The Labute approximate surface area is 106 Å². The van der Waals surface area contributed by atoms with Crippen molar-refractivity contribution >= 4 is 17.2 Å². The molecule has 1 fully saturated rings. The number of carbonyl (C=O) groups is 1. The molecule has 17 heavy (non-hydrogen) atoms. The van der Waals surface area contributed by atoms with E-state index in [9.17, 15) is 9.90 Å². The number of aryl methyl sites for hydroxylation is 2. The van der Waals surface area contributed by atoms with E-state index in [1.807, 2.05) is 33.8 Å². The summed E-state index contributed by atoms with van der Waals surface area (Å²) in [7, 11) is 0. The highest BCUT2D eigenvalue weighted by atomic mass is 32.1. The first-order valence-corrected chi connectivity index (χ1v) is 6.74. The fourth-order valence-corrected chi connectivity index (χ4v) is 3.05. The number of rotatable bonds is 2. The predicted octanol–water partition coefficient (Wildman–Crippen LogP) is 2.21. The number of hydrogen-bond acceptors (Lipinski definition) is 3. The van der Waals surface area contributed by atoms with Gasteiger partial charge < -0.3 is 10.0 Å². The van der Waals surface area contributed by atoms with Crippen LogP contribution in [0.3, 0.4) is 0 Å². The predicted molar refractivity (Wildman–Crippen MR) is 69.5 cm³/mol. The second-order valence-electron chi connectivity index (χ2n) is 5.25. The van der Waals surface area contributed by atoms with E-state index in [4.69, 9.17) is 0 Å². The normalized spacial score (nSPS) is 18.4. The van der Waals surface area contributed by atoms with Gasteiger partial charge in [0.15, 0.2) is 0 Å². The fourth-order valence-electron chi connectivity index (χ4n) is 2.14. The van der Waals surface area contributed by atoms with Crippen LogP contribution in [-0.4, -0.2) is 34.6 Å². The van der Waals surface area contributed by atoms with Crippen LogP contribution >= 0.6 is 11.3 Å². The van der Waals surface area contributed by atoms with Crippen molar-refractivity contribution < 1.29 is 9.90 Å². The van der Waals surface area contributed by atoms with Gasteiger partial charge in [-0.1, -0.05) is 13.8 Å². The summed E-state index contributed by atoms with van der Waals surface area (Å²) in [5.41, 5.74) is 0.104. The Morgan fingerprint density at radius 2 is 2.06 bits per heavy atom. The molecule has 0 saturated carbocycles. The molecule has 2 heterocycles. The van der Waals surface area contributed by atoms with E-state index >= 15 is 0 Å². The smallest absolute Gasteiger partial charge is 0.255 e. The first-order chi connectivity index (χ1) is 7.83. The Morgan fingerprint density at radius 3 is 2.47 bits per heavy atom. The maximum Gasteiger partial charge on any atom is 0.255 e. The number of β-amino-alcohol motifs (C(OH)–C–C–N with tert-alkyl or cyclic N) is 1. The Kier molecular flexibility index (Phi) is 3.04. The molecule has 1 N–H and O–H groups in total. The molecule has 0 unspecified atom stereocenters. The molecule has 1 aliphatic rings. The zero-order valence-electron chi connectivity index (χ0n) is 10.8. The van der Waals surface area contributed by atoms with Crippen molar-refractivity contribution in [3.63, 3.8) is 0 Å². The van der Waals surface area contributed by atoms with Crippen LogP contribution in [0.25, 0.3) is 0 Å². The summed E-state index contributed by atoms with van der Waals surface area (Å²) in [5, 5.41) is 10.1. The molecule has 3 nitrogen and oxygen atoms in total. The molecule has 0 aliphatic carbocycles. The standard InChI is InChI=1S/C13H19NO2S/c1-8(2)13(16)6-14(7-13)12(15)11-5-9(3)17-10(11)4/h5,8,16H,6-7H2,1-4H3. The maximum absolute atomic E-state index is 12.2. The number of nitrogens with zero attached hydrogens (tertiary/aromatic N) is 1. The molecule has 0 spiro atoms. The van der Waals surface area contributed by atoms with Crippen LogP contribution in [0.15, 0.2) is 6.07 Å². The number of carbonyl (C=O) groups excluding carboxylic acids is 1. The zero-order valence-corrected chi connectivity index (χ0v) is 11.6. The number of likely N-dealkylation sites (tertiary alicyclic amines) is 1. The lowest BCUT2D eigenvalue weighted by atomic mass is 9.82. The van der Waals surface area contributed by atoms with Crippen molar-refractivity contribution in [2.75, 3.05) is 13.1 Å². The molecule has 1 aliphatic heterocycles. The van der Waals surface area contributed by atoms with Crippen molar-refractivity contribution in [2.24, 2.45) is 5.92 Å². The lowest BCUT2D eigenvalue weighted by molar-refractivity contribution is -0.110. The number of thiophene rings is 1. The van der Waals surface area contributed by atoms with Crippen LogP contribution in [0.4, 0.5) is 0 Å². The van der Waals surface area contributed by atoms with Gasteiger partial charge in [0.25, 0.3) is 5.91 Å². The Bertz CT molecular complexity index is 444. The monoisotopic (exact) mass is 253 g/mol. The lowest BCUT2D eigenvalue weighted by Crippen LogP contribution is -2.65. The minimum absolute atomic E-state index is 0.0529. The number of hydrogen-bond donors (Lipinski definition) is 1. The first-order valence-electron chi connectivity index (χ1n) is 5.92. The van der Waals surface area contributed by atoms with Crippen molar-refractivity contribution in [3.05, 3.63) is 21.4 Å². The van der Waals surface area contributed by atoms with Crippen LogP contribution in [0, 0.1) is 19.8 Å². The highest BCUT2D eigenvalue weighted by Gasteiger charge is 2.46. The van der Waals surface area contributed by atoms with Crippen molar-refractivity contribution in [1.29, 1.82) is 0 Å². The third kappa shape index (κ3) is 2.11. The second kappa shape index (κ2) is 4.10. The Morgan fingerprint density at radius 1 is 1.47 bits per heavy atom. The third-order valence-electron chi connectivity index (χ3n) is 3.56. The summed E-state index contributed by atoms with van der Waals surface area (Å²) in [6.07, 6.45) is 0. The molecule has 94 valence electrons. The second-order valence-corrected chi connectivity index (χ2v) is 6.71. The average molecular weight is 253 g/mol. The van der Waals surface area contributed by atoms with Gasteiger partial charge in [0, 0.05) is 9.75 Å². The minimum atomic E-state index is -0.686.